The van der Waals surface area contributed by atoms with Crippen molar-refractivity contribution in [2.75, 3.05) is 5.32 Å². The molecule has 1 N–H and O–H groups in total. The molecule has 0 aliphatic carbocycles. The summed E-state index contributed by atoms with van der Waals surface area (Å²) in [6.45, 7) is 0. The van der Waals surface area contributed by atoms with Gasteiger partial charge in [0.25, 0.3) is 0 Å². The summed E-state index contributed by atoms with van der Waals surface area (Å²) in [5.41, 5.74) is 1.57. The number of rotatable bonds is 6. The van der Waals surface area contributed by atoms with Crippen molar-refractivity contribution < 1.29 is 14.7 Å². The Morgan fingerprint density at radius 2 is 1.52 bits per heavy atom. The van der Waals surface area contributed by atoms with E-state index in [9.17, 15) is 14.7 Å². The minimum absolute atomic E-state index is 0.298. The van der Waals surface area contributed by atoms with Crippen molar-refractivity contribution in [1.82, 2.24) is 0 Å². The molecule has 2 aromatic carbocycles. The van der Waals surface area contributed by atoms with Crippen LogP contribution in [0.15, 0.2) is 60.7 Å². The Morgan fingerprint density at radius 1 is 0.952 bits per heavy atom. The second kappa shape index (κ2) is 7.24. The van der Waals surface area contributed by atoms with Gasteiger partial charge in [-0.2, -0.15) is 0 Å². The van der Waals surface area contributed by atoms with Crippen molar-refractivity contribution in [3.8, 4) is 0 Å². The smallest absolute Gasteiger partial charge is 0.228 e. The van der Waals surface area contributed by atoms with Gasteiger partial charge in [0.2, 0.25) is 5.91 Å². The molecule has 0 aliphatic heterocycles. The van der Waals surface area contributed by atoms with E-state index in [1.54, 1.807) is 24.3 Å². The number of carboxylic acids is 1. The van der Waals surface area contributed by atoms with Crippen molar-refractivity contribution in [3.63, 3.8) is 0 Å². The topological polar surface area (TPSA) is 69.2 Å². The lowest BCUT2D eigenvalue weighted by atomic mass is 9.95. The fraction of sp³-hybridized carbons (Fsp3) is 0.176. The zero-order valence-electron chi connectivity index (χ0n) is 11.5. The minimum atomic E-state index is -1.22. The molecule has 0 saturated heterocycles. The van der Waals surface area contributed by atoms with Gasteiger partial charge in [0, 0.05) is 17.6 Å². The van der Waals surface area contributed by atoms with E-state index >= 15 is 0 Å². The zero-order chi connectivity index (χ0) is 15.1. The van der Waals surface area contributed by atoms with E-state index in [2.05, 4.69) is 5.32 Å². The molecule has 0 heterocycles. The molecule has 0 fully saturated rings. The molecular formula is C17H16NO3-. The largest absolute Gasteiger partial charge is 0.550 e. The van der Waals surface area contributed by atoms with Crippen molar-refractivity contribution >= 4 is 17.6 Å². The normalized spacial score (nSPS) is 11.6. The number of carbonyl (C=O) groups excluding carboxylic acids is 2. The first-order valence-electron chi connectivity index (χ1n) is 6.75. The number of hydrogen-bond donors (Lipinski definition) is 1. The van der Waals surface area contributed by atoms with E-state index in [1.165, 1.54) is 0 Å². The molecule has 2 rings (SSSR count). The minimum Gasteiger partial charge on any atom is -0.550 e. The third kappa shape index (κ3) is 4.76. The maximum absolute atomic E-state index is 12.3. The first-order valence-corrected chi connectivity index (χ1v) is 6.75. The molecule has 21 heavy (non-hydrogen) atoms. The maximum atomic E-state index is 12.3. The van der Waals surface area contributed by atoms with Gasteiger partial charge < -0.3 is 15.2 Å². The van der Waals surface area contributed by atoms with Crippen LogP contribution < -0.4 is 10.4 Å². The summed E-state index contributed by atoms with van der Waals surface area (Å²) in [7, 11) is 0. The van der Waals surface area contributed by atoms with Crippen LogP contribution in [-0.2, 0) is 16.0 Å². The lowest BCUT2D eigenvalue weighted by Crippen LogP contribution is -2.32. The monoisotopic (exact) mass is 282 g/mol. The number of carboxylic acid groups (broad SMARTS) is 1. The fourth-order valence-electron chi connectivity index (χ4n) is 2.12. The summed E-state index contributed by atoms with van der Waals surface area (Å²) >= 11 is 0. The van der Waals surface area contributed by atoms with Gasteiger partial charge in [0.05, 0.1) is 0 Å². The molecule has 4 heteroatoms. The van der Waals surface area contributed by atoms with Gasteiger partial charge in [-0.15, -0.1) is 0 Å². The standard InChI is InChI=1S/C17H17NO3/c19-16(20)12-14(11-13-7-3-1-4-8-13)17(21)18-15-9-5-2-6-10-15/h1-10,14H,11-12H2,(H,18,21)(H,19,20)/p-1/t14-/m0/s1. The molecule has 0 saturated carbocycles. The first kappa shape index (κ1) is 14.8. The van der Waals surface area contributed by atoms with E-state index in [0.29, 0.717) is 12.1 Å². The van der Waals surface area contributed by atoms with Crippen LogP contribution in [0.5, 0.6) is 0 Å². The van der Waals surface area contributed by atoms with Crippen molar-refractivity contribution in [3.05, 3.63) is 66.2 Å². The number of aliphatic carboxylic acids is 1. The van der Waals surface area contributed by atoms with Gasteiger partial charge in [-0.05, 0) is 30.5 Å². The molecule has 0 spiro atoms. The number of para-hydroxylation sites is 1. The van der Waals surface area contributed by atoms with Gasteiger partial charge in [0.1, 0.15) is 0 Å². The molecule has 0 unspecified atom stereocenters. The Hall–Kier alpha value is -2.62. The van der Waals surface area contributed by atoms with Crippen LogP contribution in [0.3, 0.4) is 0 Å². The van der Waals surface area contributed by atoms with Gasteiger partial charge in [-0.1, -0.05) is 48.5 Å². The Kier molecular flexibility index (Phi) is 5.10. The summed E-state index contributed by atoms with van der Waals surface area (Å²) in [6.07, 6.45) is 0.0705. The quantitative estimate of drug-likeness (QED) is 0.875. The van der Waals surface area contributed by atoms with Crippen molar-refractivity contribution in [2.45, 2.75) is 12.8 Å². The van der Waals surface area contributed by atoms with E-state index in [0.717, 1.165) is 5.56 Å². The van der Waals surface area contributed by atoms with Gasteiger partial charge >= 0.3 is 0 Å². The Balaban J connectivity index is 2.08. The summed E-state index contributed by atoms with van der Waals surface area (Å²) in [5, 5.41) is 13.6. The molecule has 1 amide bonds. The second-order valence-electron chi connectivity index (χ2n) is 4.82. The van der Waals surface area contributed by atoms with Crippen LogP contribution in [0.25, 0.3) is 0 Å². The lowest BCUT2D eigenvalue weighted by Gasteiger charge is -2.17. The Morgan fingerprint density at radius 3 is 2.10 bits per heavy atom. The van der Waals surface area contributed by atoms with Crippen LogP contribution >= 0.6 is 0 Å². The number of hydrogen-bond acceptors (Lipinski definition) is 3. The van der Waals surface area contributed by atoms with E-state index < -0.39 is 11.9 Å². The summed E-state index contributed by atoms with van der Waals surface area (Å²) in [5.74, 6) is -2.19. The predicted molar refractivity (Wildman–Crippen MR) is 78.3 cm³/mol. The molecular weight excluding hydrogens is 266 g/mol. The summed E-state index contributed by atoms with van der Waals surface area (Å²) in [6, 6.07) is 18.3. The first-order chi connectivity index (χ1) is 10.1. The second-order valence-corrected chi connectivity index (χ2v) is 4.82. The average Bonchev–Trinajstić information content (AvgIpc) is 2.48. The van der Waals surface area contributed by atoms with E-state index in [-0.39, 0.29) is 12.3 Å². The summed E-state index contributed by atoms with van der Waals surface area (Å²) < 4.78 is 0. The molecule has 2 aromatic rings. The lowest BCUT2D eigenvalue weighted by molar-refractivity contribution is -0.306. The van der Waals surface area contributed by atoms with Gasteiger partial charge in [-0.25, -0.2) is 0 Å². The Bertz CT molecular complexity index is 596. The number of amides is 1. The highest BCUT2D eigenvalue weighted by Gasteiger charge is 2.19. The molecule has 108 valence electrons. The highest BCUT2D eigenvalue weighted by Crippen LogP contribution is 2.15. The number of anilines is 1. The zero-order valence-corrected chi connectivity index (χ0v) is 11.5. The van der Waals surface area contributed by atoms with Gasteiger partial charge in [0.15, 0.2) is 0 Å². The van der Waals surface area contributed by atoms with Crippen molar-refractivity contribution in [1.29, 1.82) is 0 Å². The highest BCUT2D eigenvalue weighted by atomic mass is 16.4. The average molecular weight is 282 g/mol. The third-order valence-corrected chi connectivity index (χ3v) is 3.15. The van der Waals surface area contributed by atoms with Gasteiger partial charge in [-0.3, -0.25) is 4.79 Å². The molecule has 4 nitrogen and oxygen atoms in total. The van der Waals surface area contributed by atoms with Crippen LogP contribution in [0, 0.1) is 5.92 Å². The Labute approximate surface area is 123 Å². The van der Waals surface area contributed by atoms with Crippen LogP contribution in [0.1, 0.15) is 12.0 Å². The van der Waals surface area contributed by atoms with Crippen LogP contribution in [0.4, 0.5) is 5.69 Å². The SMILES string of the molecule is O=C([O-])C[C@H](Cc1ccccc1)C(=O)Nc1ccccc1. The fourth-order valence-corrected chi connectivity index (χ4v) is 2.12. The molecule has 0 aromatic heterocycles. The third-order valence-electron chi connectivity index (χ3n) is 3.15. The highest BCUT2D eigenvalue weighted by molar-refractivity contribution is 5.94. The summed E-state index contributed by atoms with van der Waals surface area (Å²) in [4.78, 5) is 23.1. The number of carbonyl (C=O) groups is 2. The van der Waals surface area contributed by atoms with Crippen LogP contribution in [-0.4, -0.2) is 11.9 Å². The van der Waals surface area contributed by atoms with Crippen molar-refractivity contribution in [2.24, 2.45) is 5.92 Å². The molecule has 0 aliphatic rings. The van der Waals surface area contributed by atoms with E-state index in [4.69, 9.17) is 0 Å². The number of nitrogens with one attached hydrogen (secondary N) is 1. The van der Waals surface area contributed by atoms with Crippen LogP contribution in [0.2, 0.25) is 0 Å². The maximum Gasteiger partial charge on any atom is 0.228 e. The molecule has 0 radical (unpaired) electrons. The van der Waals surface area contributed by atoms with E-state index in [1.807, 2.05) is 36.4 Å². The number of benzene rings is 2. The predicted octanol–water partition coefficient (Wildman–Crippen LogP) is 1.62. The molecule has 1 atom stereocenters. The molecule has 0 bridgehead atoms.